The van der Waals surface area contributed by atoms with E-state index in [4.69, 9.17) is 11.6 Å². The lowest BCUT2D eigenvalue weighted by Gasteiger charge is -2.08. The SMILES string of the molecule is Cc1ncc(Br)c(=O)n1CCCCCCCl. The van der Waals surface area contributed by atoms with Gasteiger partial charge in [-0.3, -0.25) is 9.36 Å². The second-order valence-corrected chi connectivity index (χ2v) is 4.95. The van der Waals surface area contributed by atoms with Gasteiger partial charge in [-0.15, -0.1) is 11.6 Å². The van der Waals surface area contributed by atoms with Crippen molar-refractivity contribution >= 4 is 27.5 Å². The van der Waals surface area contributed by atoms with Gasteiger partial charge >= 0.3 is 0 Å². The monoisotopic (exact) mass is 306 g/mol. The Labute approximate surface area is 109 Å². The predicted molar refractivity (Wildman–Crippen MR) is 70.1 cm³/mol. The van der Waals surface area contributed by atoms with Crippen LogP contribution in [0, 0.1) is 6.92 Å². The van der Waals surface area contributed by atoms with Crippen molar-refractivity contribution in [1.29, 1.82) is 0 Å². The van der Waals surface area contributed by atoms with Crippen molar-refractivity contribution in [1.82, 2.24) is 9.55 Å². The highest BCUT2D eigenvalue weighted by molar-refractivity contribution is 9.10. The summed E-state index contributed by atoms with van der Waals surface area (Å²) in [6.45, 7) is 2.59. The van der Waals surface area contributed by atoms with Crippen LogP contribution < -0.4 is 5.56 Å². The standard InChI is InChI=1S/C11H16BrClN2O/c1-9-14-8-10(12)11(16)15(9)7-5-3-2-4-6-13/h8H,2-7H2,1H3. The van der Waals surface area contributed by atoms with Crippen LogP contribution in [0.25, 0.3) is 0 Å². The molecule has 0 amide bonds. The van der Waals surface area contributed by atoms with Crippen LogP contribution in [0.1, 0.15) is 31.5 Å². The molecule has 0 unspecified atom stereocenters. The molecule has 0 bridgehead atoms. The molecule has 0 saturated carbocycles. The van der Waals surface area contributed by atoms with E-state index >= 15 is 0 Å². The fraction of sp³-hybridized carbons (Fsp3) is 0.636. The number of unbranched alkanes of at least 4 members (excludes halogenated alkanes) is 3. The molecule has 0 N–H and O–H groups in total. The molecular weight excluding hydrogens is 291 g/mol. The number of aryl methyl sites for hydroxylation is 1. The summed E-state index contributed by atoms with van der Waals surface area (Å²) < 4.78 is 2.24. The molecule has 0 spiro atoms. The van der Waals surface area contributed by atoms with Crippen LogP contribution in [0.5, 0.6) is 0 Å². The summed E-state index contributed by atoms with van der Waals surface area (Å²) >= 11 is 8.80. The molecular formula is C11H16BrClN2O. The molecule has 3 nitrogen and oxygen atoms in total. The van der Waals surface area contributed by atoms with Crippen LogP contribution in [0.2, 0.25) is 0 Å². The number of hydrogen-bond acceptors (Lipinski definition) is 2. The minimum atomic E-state index is 0.00448. The number of hydrogen-bond donors (Lipinski definition) is 0. The second kappa shape index (κ2) is 7.07. The van der Waals surface area contributed by atoms with Crippen LogP contribution in [0.4, 0.5) is 0 Å². The minimum Gasteiger partial charge on any atom is -0.296 e. The maximum absolute atomic E-state index is 11.8. The molecule has 16 heavy (non-hydrogen) atoms. The van der Waals surface area contributed by atoms with E-state index in [1.807, 2.05) is 6.92 Å². The molecule has 1 aromatic rings. The zero-order valence-corrected chi connectivity index (χ0v) is 11.7. The average Bonchev–Trinajstić information content (AvgIpc) is 2.28. The van der Waals surface area contributed by atoms with Crippen molar-refractivity contribution in [2.24, 2.45) is 0 Å². The van der Waals surface area contributed by atoms with E-state index in [9.17, 15) is 4.79 Å². The third-order valence-corrected chi connectivity index (χ3v) is 3.28. The van der Waals surface area contributed by atoms with Gasteiger partial charge < -0.3 is 0 Å². The molecule has 0 radical (unpaired) electrons. The van der Waals surface area contributed by atoms with E-state index in [0.29, 0.717) is 4.47 Å². The molecule has 5 heteroatoms. The fourth-order valence-electron chi connectivity index (χ4n) is 1.53. The molecule has 0 saturated heterocycles. The van der Waals surface area contributed by atoms with Gasteiger partial charge in [-0.1, -0.05) is 12.8 Å². The Balaban J connectivity index is 2.54. The number of aromatic nitrogens is 2. The van der Waals surface area contributed by atoms with Crippen molar-refractivity contribution in [3.05, 3.63) is 26.8 Å². The molecule has 0 aliphatic heterocycles. The van der Waals surface area contributed by atoms with Crippen molar-refractivity contribution in [3.8, 4) is 0 Å². The highest BCUT2D eigenvalue weighted by Gasteiger charge is 2.04. The molecule has 0 aliphatic carbocycles. The highest BCUT2D eigenvalue weighted by atomic mass is 79.9. The molecule has 0 fully saturated rings. The first-order valence-corrected chi connectivity index (χ1v) is 6.77. The molecule has 0 aliphatic rings. The van der Waals surface area contributed by atoms with E-state index in [-0.39, 0.29) is 5.56 Å². The predicted octanol–water partition coefficient (Wildman–Crippen LogP) is 3.11. The van der Waals surface area contributed by atoms with Crippen LogP contribution >= 0.6 is 27.5 Å². The fourth-order valence-corrected chi connectivity index (χ4v) is 2.04. The molecule has 1 rings (SSSR count). The molecule has 1 heterocycles. The van der Waals surface area contributed by atoms with Gasteiger partial charge in [0.1, 0.15) is 10.3 Å². The molecule has 90 valence electrons. The van der Waals surface area contributed by atoms with Gasteiger partial charge in [0, 0.05) is 18.6 Å². The van der Waals surface area contributed by atoms with Crippen molar-refractivity contribution < 1.29 is 0 Å². The normalized spacial score (nSPS) is 10.7. The Morgan fingerprint density at radius 2 is 2.06 bits per heavy atom. The van der Waals surface area contributed by atoms with E-state index in [1.165, 1.54) is 0 Å². The molecule has 0 atom stereocenters. The topological polar surface area (TPSA) is 34.9 Å². The van der Waals surface area contributed by atoms with Gasteiger partial charge in [-0.25, -0.2) is 4.98 Å². The van der Waals surface area contributed by atoms with Gasteiger partial charge in [0.05, 0.1) is 0 Å². The first-order valence-electron chi connectivity index (χ1n) is 5.44. The van der Waals surface area contributed by atoms with E-state index in [2.05, 4.69) is 20.9 Å². The number of rotatable bonds is 6. The summed E-state index contributed by atoms with van der Waals surface area (Å²) in [5, 5.41) is 0. The lowest BCUT2D eigenvalue weighted by molar-refractivity contribution is 0.551. The lowest BCUT2D eigenvalue weighted by atomic mass is 10.2. The van der Waals surface area contributed by atoms with Crippen LogP contribution in [-0.2, 0) is 6.54 Å². The number of alkyl halides is 1. The molecule has 1 aromatic heterocycles. The van der Waals surface area contributed by atoms with Crippen LogP contribution in [0.15, 0.2) is 15.5 Å². The number of nitrogens with zero attached hydrogens (tertiary/aromatic N) is 2. The Morgan fingerprint density at radius 1 is 1.38 bits per heavy atom. The first kappa shape index (κ1) is 13.7. The second-order valence-electron chi connectivity index (χ2n) is 3.71. The Bertz CT molecular complexity index is 392. The maximum atomic E-state index is 11.8. The summed E-state index contributed by atoms with van der Waals surface area (Å²) in [5.41, 5.74) is 0.00448. The lowest BCUT2D eigenvalue weighted by Crippen LogP contribution is -2.24. The average molecular weight is 308 g/mol. The Morgan fingerprint density at radius 3 is 2.75 bits per heavy atom. The van der Waals surface area contributed by atoms with E-state index < -0.39 is 0 Å². The van der Waals surface area contributed by atoms with Gasteiger partial charge in [-0.2, -0.15) is 0 Å². The summed E-state index contributed by atoms with van der Waals surface area (Å²) in [5.74, 6) is 1.49. The number of halogens is 2. The highest BCUT2D eigenvalue weighted by Crippen LogP contribution is 2.05. The summed E-state index contributed by atoms with van der Waals surface area (Å²) in [6.07, 6.45) is 5.83. The van der Waals surface area contributed by atoms with Crippen molar-refractivity contribution in [2.75, 3.05) is 5.88 Å². The van der Waals surface area contributed by atoms with Gasteiger partial charge in [0.25, 0.3) is 5.56 Å². The summed E-state index contributed by atoms with van der Waals surface area (Å²) in [7, 11) is 0. The zero-order valence-electron chi connectivity index (χ0n) is 9.38. The van der Waals surface area contributed by atoms with Crippen molar-refractivity contribution in [2.45, 2.75) is 39.2 Å². The smallest absolute Gasteiger partial charge is 0.267 e. The van der Waals surface area contributed by atoms with Crippen LogP contribution in [0.3, 0.4) is 0 Å². The zero-order chi connectivity index (χ0) is 12.0. The van der Waals surface area contributed by atoms with Crippen LogP contribution in [-0.4, -0.2) is 15.4 Å². The largest absolute Gasteiger partial charge is 0.296 e. The summed E-state index contributed by atoms with van der Waals surface area (Å²) in [4.78, 5) is 15.9. The minimum absolute atomic E-state index is 0.00448. The third kappa shape index (κ3) is 3.91. The quantitative estimate of drug-likeness (QED) is 0.598. The van der Waals surface area contributed by atoms with E-state index in [1.54, 1.807) is 10.8 Å². The third-order valence-electron chi connectivity index (χ3n) is 2.47. The van der Waals surface area contributed by atoms with Gasteiger partial charge in [0.15, 0.2) is 0 Å². The Hall–Kier alpha value is -0.350. The van der Waals surface area contributed by atoms with E-state index in [0.717, 1.165) is 43.9 Å². The van der Waals surface area contributed by atoms with Gasteiger partial charge in [-0.05, 0) is 35.7 Å². The Kier molecular flexibility index (Phi) is 6.06. The summed E-state index contributed by atoms with van der Waals surface area (Å²) in [6, 6.07) is 0. The van der Waals surface area contributed by atoms with Crippen molar-refractivity contribution in [3.63, 3.8) is 0 Å². The molecule has 0 aromatic carbocycles. The van der Waals surface area contributed by atoms with Gasteiger partial charge in [0.2, 0.25) is 0 Å². The first-order chi connectivity index (χ1) is 7.66. The maximum Gasteiger partial charge on any atom is 0.267 e.